The lowest BCUT2D eigenvalue weighted by molar-refractivity contribution is 0.188. The highest BCUT2D eigenvalue weighted by Gasteiger charge is 2.16. The largest absolute Gasteiger partial charge is 0.383 e. The Morgan fingerprint density at radius 3 is 2.90 bits per heavy atom. The molecular formula is C20H18N6O3S2. The molecule has 5 aromatic rings. The van der Waals surface area contributed by atoms with Crippen LogP contribution in [0.2, 0.25) is 0 Å². The first-order valence-electron chi connectivity index (χ1n) is 9.41. The van der Waals surface area contributed by atoms with E-state index in [1.54, 1.807) is 36.8 Å². The fourth-order valence-electron chi connectivity index (χ4n) is 3.51. The molecule has 2 aromatic carbocycles. The number of nitrogens with one attached hydrogen (secondary N) is 2. The number of aromatic amines is 1. The van der Waals surface area contributed by atoms with Crippen molar-refractivity contribution < 1.29 is 13.2 Å². The smallest absolute Gasteiger partial charge is 0.222 e. The highest BCUT2D eigenvalue weighted by Crippen LogP contribution is 2.29. The summed E-state index contributed by atoms with van der Waals surface area (Å²) in [6.07, 6.45) is 1.75. The summed E-state index contributed by atoms with van der Waals surface area (Å²) >= 11 is 1.60. The van der Waals surface area contributed by atoms with E-state index in [0.717, 1.165) is 32.8 Å². The van der Waals surface area contributed by atoms with Crippen molar-refractivity contribution in [2.24, 2.45) is 0 Å². The van der Waals surface area contributed by atoms with Gasteiger partial charge in [0.2, 0.25) is 10.9 Å². The minimum Gasteiger partial charge on any atom is -0.383 e. The number of fused-ring (bicyclic) bond motifs is 2. The van der Waals surface area contributed by atoms with Crippen LogP contribution >= 0.6 is 11.3 Å². The van der Waals surface area contributed by atoms with Crippen molar-refractivity contribution in [1.82, 2.24) is 24.5 Å². The predicted octanol–water partition coefficient (Wildman–Crippen LogP) is 3.29. The number of rotatable bonds is 7. The van der Waals surface area contributed by atoms with Crippen LogP contribution in [0.3, 0.4) is 0 Å². The molecule has 0 aliphatic heterocycles. The molecule has 0 atom stereocenters. The molecule has 3 heterocycles. The van der Waals surface area contributed by atoms with Gasteiger partial charge in [-0.3, -0.25) is 4.72 Å². The molecule has 0 aliphatic carbocycles. The van der Waals surface area contributed by atoms with Crippen molar-refractivity contribution in [3.8, 4) is 22.9 Å². The van der Waals surface area contributed by atoms with E-state index in [-0.39, 0.29) is 0 Å². The second kappa shape index (κ2) is 8.10. The summed E-state index contributed by atoms with van der Waals surface area (Å²) < 4.78 is 32.8. The lowest BCUT2D eigenvalue weighted by Crippen LogP contribution is -2.06. The second-order valence-electron chi connectivity index (χ2n) is 6.83. The zero-order valence-electron chi connectivity index (χ0n) is 16.4. The topological polar surface area (TPSA) is 115 Å². The molecule has 0 saturated heterocycles. The molecule has 9 nitrogen and oxygen atoms in total. The Morgan fingerprint density at radius 1 is 1.16 bits per heavy atom. The van der Waals surface area contributed by atoms with E-state index in [1.165, 1.54) is 0 Å². The van der Waals surface area contributed by atoms with E-state index in [2.05, 4.69) is 19.7 Å². The van der Waals surface area contributed by atoms with Crippen LogP contribution in [0.25, 0.3) is 44.2 Å². The van der Waals surface area contributed by atoms with Crippen LogP contribution in [-0.2, 0) is 22.2 Å². The van der Waals surface area contributed by atoms with E-state index < -0.39 is 10.9 Å². The Morgan fingerprint density at radius 2 is 2.06 bits per heavy atom. The molecule has 2 N–H and O–H groups in total. The van der Waals surface area contributed by atoms with Crippen LogP contribution in [0, 0.1) is 0 Å². The van der Waals surface area contributed by atoms with Crippen LogP contribution in [0.4, 0.5) is 5.69 Å². The minimum atomic E-state index is -2.74. The lowest BCUT2D eigenvalue weighted by atomic mass is 10.2. The molecule has 0 fully saturated rings. The van der Waals surface area contributed by atoms with Gasteiger partial charge in [0.25, 0.3) is 0 Å². The van der Waals surface area contributed by atoms with Crippen molar-refractivity contribution in [1.29, 1.82) is 0 Å². The highest BCUT2D eigenvalue weighted by atomic mass is 32.2. The number of hydrogen-bond donors (Lipinski definition) is 3. The van der Waals surface area contributed by atoms with Gasteiger partial charge in [0.05, 0.1) is 45.3 Å². The zero-order chi connectivity index (χ0) is 21.4. The average Bonchev–Trinajstić information content (AvgIpc) is 3.48. The number of aromatic nitrogens is 5. The number of thiazole rings is 1. The summed E-state index contributed by atoms with van der Waals surface area (Å²) in [5.41, 5.74) is 6.47. The maximum absolute atomic E-state index is 11.0. The van der Waals surface area contributed by atoms with Gasteiger partial charge in [0, 0.05) is 19.2 Å². The van der Waals surface area contributed by atoms with Gasteiger partial charge in [-0.1, -0.05) is 0 Å². The summed E-state index contributed by atoms with van der Waals surface area (Å²) in [5, 5.41) is 0. The Balaban J connectivity index is 1.58. The van der Waals surface area contributed by atoms with E-state index in [1.807, 2.05) is 34.3 Å². The van der Waals surface area contributed by atoms with Crippen LogP contribution in [0.15, 0.2) is 48.1 Å². The maximum atomic E-state index is 11.0. The average molecular weight is 455 g/mol. The number of benzene rings is 2. The third kappa shape index (κ3) is 3.78. The first-order chi connectivity index (χ1) is 15.1. The Bertz CT molecular complexity index is 1460. The standard InChI is InChI=1S/C20H18N6O3S2/c1-29-7-6-26-17-4-3-13(25-31(27)28)9-14(17)24-20(26)16-10-21-19(23-16)12-2-5-18-15(8-12)22-11-30-18/h2-5,8-11,31H,6-7H2,1H3,(H,21,23)(H,25,27,28). The van der Waals surface area contributed by atoms with Gasteiger partial charge in [-0.05, 0) is 36.4 Å². The molecule has 31 heavy (non-hydrogen) atoms. The van der Waals surface area contributed by atoms with Crippen molar-refractivity contribution >= 4 is 49.2 Å². The summed E-state index contributed by atoms with van der Waals surface area (Å²) in [7, 11) is -1.10. The molecule has 5 rings (SSSR count). The minimum absolute atomic E-state index is 0.466. The first-order valence-corrected chi connectivity index (χ1v) is 11.5. The fraction of sp³-hybridized carbons (Fsp3) is 0.150. The van der Waals surface area contributed by atoms with Crippen molar-refractivity contribution in [3.63, 3.8) is 0 Å². The third-order valence-corrected chi connectivity index (χ3v) is 6.16. The van der Waals surface area contributed by atoms with Crippen LogP contribution in [0.5, 0.6) is 0 Å². The van der Waals surface area contributed by atoms with Crippen molar-refractivity contribution in [3.05, 3.63) is 48.1 Å². The van der Waals surface area contributed by atoms with Gasteiger partial charge in [-0.2, -0.15) is 0 Å². The SMILES string of the molecule is COCCn1c(-c2cnc(-c3ccc4scnc4c3)[nH]2)nc2cc(N[SH](=O)=O)ccc21. The van der Waals surface area contributed by atoms with Gasteiger partial charge >= 0.3 is 0 Å². The van der Waals surface area contributed by atoms with Crippen LogP contribution in [0.1, 0.15) is 0 Å². The molecular weight excluding hydrogens is 436 g/mol. The molecule has 158 valence electrons. The first kappa shape index (κ1) is 19.7. The molecule has 0 amide bonds. The van der Waals surface area contributed by atoms with Gasteiger partial charge in [0.1, 0.15) is 11.5 Å². The van der Waals surface area contributed by atoms with Gasteiger partial charge in [0.15, 0.2) is 5.82 Å². The molecule has 0 unspecified atom stereocenters. The summed E-state index contributed by atoms with van der Waals surface area (Å²) in [4.78, 5) is 17.0. The number of ether oxygens (including phenoxy) is 1. The number of nitrogens with zero attached hydrogens (tertiary/aromatic N) is 4. The molecule has 0 radical (unpaired) electrons. The van der Waals surface area contributed by atoms with Crippen LogP contribution in [-0.4, -0.2) is 46.6 Å². The molecule has 3 aromatic heterocycles. The molecule has 11 heteroatoms. The van der Waals surface area contributed by atoms with Gasteiger partial charge in [-0.15, -0.1) is 11.3 Å². The number of hydrogen-bond acceptors (Lipinski definition) is 7. The van der Waals surface area contributed by atoms with Gasteiger partial charge in [-0.25, -0.2) is 23.4 Å². The van der Waals surface area contributed by atoms with Crippen molar-refractivity contribution in [2.75, 3.05) is 18.4 Å². The van der Waals surface area contributed by atoms with E-state index in [9.17, 15) is 8.42 Å². The monoisotopic (exact) mass is 454 g/mol. The number of anilines is 1. The van der Waals surface area contributed by atoms with Crippen LogP contribution < -0.4 is 4.72 Å². The number of methoxy groups -OCH3 is 1. The Kier molecular flexibility index (Phi) is 5.14. The normalized spacial score (nSPS) is 11.7. The predicted molar refractivity (Wildman–Crippen MR) is 122 cm³/mol. The number of thiol groups is 1. The molecule has 0 aliphatic rings. The highest BCUT2D eigenvalue weighted by molar-refractivity contribution is 7.73. The zero-order valence-corrected chi connectivity index (χ0v) is 18.1. The summed E-state index contributed by atoms with van der Waals surface area (Å²) in [5.74, 6) is 1.42. The third-order valence-electron chi connectivity index (χ3n) is 4.91. The van der Waals surface area contributed by atoms with E-state index in [4.69, 9.17) is 9.72 Å². The van der Waals surface area contributed by atoms with E-state index in [0.29, 0.717) is 30.2 Å². The fourth-order valence-corrected chi connectivity index (χ4v) is 4.51. The Hall–Kier alpha value is -3.28. The molecule has 0 saturated carbocycles. The molecule has 0 spiro atoms. The Labute approximate surface area is 182 Å². The summed E-state index contributed by atoms with van der Waals surface area (Å²) in [6, 6.07) is 11.3. The number of H-pyrrole nitrogens is 1. The second-order valence-corrected chi connectivity index (χ2v) is 8.46. The van der Waals surface area contributed by atoms with Crippen molar-refractivity contribution in [2.45, 2.75) is 6.54 Å². The lowest BCUT2D eigenvalue weighted by Gasteiger charge is -2.07. The molecule has 0 bridgehead atoms. The number of imidazole rings is 2. The summed E-state index contributed by atoms with van der Waals surface area (Å²) in [6.45, 7) is 1.09. The van der Waals surface area contributed by atoms with E-state index >= 15 is 0 Å². The maximum Gasteiger partial charge on any atom is 0.222 e. The van der Waals surface area contributed by atoms with Gasteiger partial charge < -0.3 is 14.3 Å². The quantitative estimate of drug-likeness (QED) is 0.325.